The van der Waals surface area contributed by atoms with Crippen LogP contribution in [0.3, 0.4) is 0 Å². The van der Waals surface area contributed by atoms with Gasteiger partial charge in [-0.1, -0.05) is 11.3 Å². The molecule has 3 rings (SSSR count). The van der Waals surface area contributed by atoms with Crippen LogP contribution in [0.25, 0.3) is 10.2 Å². The molecule has 3 N–H and O–H groups in total. The molecule has 0 bridgehead atoms. The number of nitrogens with two attached hydrogens (primary N) is 1. The number of nitrogens with zero attached hydrogens (tertiary/aromatic N) is 1. The second kappa shape index (κ2) is 5.53. The van der Waals surface area contributed by atoms with Gasteiger partial charge in [-0.05, 0) is 42.5 Å². The zero-order valence-electron chi connectivity index (χ0n) is 10.7. The van der Waals surface area contributed by atoms with E-state index >= 15 is 0 Å². The van der Waals surface area contributed by atoms with E-state index in [0.29, 0.717) is 10.8 Å². The summed E-state index contributed by atoms with van der Waals surface area (Å²) in [5, 5.41) is 3.82. The number of thiazole rings is 1. The lowest BCUT2D eigenvalue weighted by atomic mass is 10.3. The van der Waals surface area contributed by atoms with Crippen molar-refractivity contribution in [1.29, 1.82) is 0 Å². The molecule has 0 aliphatic heterocycles. The SMILES string of the molecule is Nc1ccc2nc(Nc3ccc(OC(F)F)cc3)sc2c1. The third-order valence-corrected chi connectivity index (χ3v) is 3.68. The summed E-state index contributed by atoms with van der Waals surface area (Å²) in [6.07, 6.45) is 0. The van der Waals surface area contributed by atoms with Crippen molar-refractivity contribution in [3.63, 3.8) is 0 Å². The Morgan fingerprint density at radius 1 is 1.14 bits per heavy atom. The number of alkyl halides is 2. The highest BCUT2D eigenvalue weighted by Crippen LogP contribution is 2.30. The summed E-state index contributed by atoms with van der Waals surface area (Å²) in [6.45, 7) is -2.82. The molecule has 108 valence electrons. The van der Waals surface area contributed by atoms with Crippen LogP contribution >= 0.6 is 11.3 Å². The molecule has 21 heavy (non-hydrogen) atoms. The Morgan fingerprint density at radius 2 is 1.90 bits per heavy atom. The summed E-state index contributed by atoms with van der Waals surface area (Å²) in [6, 6.07) is 11.8. The smallest absolute Gasteiger partial charge is 0.387 e. The average Bonchev–Trinajstić information content (AvgIpc) is 2.82. The van der Waals surface area contributed by atoms with Gasteiger partial charge in [-0.15, -0.1) is 0 Å². The first-order valence-electron chi connectivity index (χ1n) is 6.08. The Bertz CT molecular complexity index is 759. The van der Waals surface area contributed by atoms with Gasteiger partial charge in [-0.25, -0.2) is 4.98 Å². The van der Waals surface area contributed by atoms with Crippen LogP contribution in [0.2, 0.25) is 0 Å². The molecular weight excluding hydrogens is 296 g/mol. The van der Waals surface area contributed by atoms with Gasteiger partial charge in [0.25, 0.3) is 0 Å². The van der Waals surface area contributed by atoms with Crippen LogP contribution in [-0.2, 0) is 0 Å². The monoisotopic (exact) mass is 307 g/mol. The number of ether oxygens (including phenoxy) is 1. The van der Waals surface area contributed by atoms with Crippen LogP contribution < -0.4 is 15.8 Å². The number of anilines is 3. The van der Waals surface area contributed by atoms with Gasteiger partial charge in [-0.2, -0.15) is 8.78 Å². The van der Waals surface area contributed by atoms with E-state index in [1.54, 1.807) is 18.2 Å². The summed E-state index contributed by atoms with van der Waals surface area (Å²) < 4.78 is 29.4. The maximum atomic E-state index is 12.1. The molecule has 0 amide bonds. The largest absolute Gasteiger partial charge is 0.435 e. The van der Waals surface area contributed by atoms with E-state index in [9.17, 15) is 8.78 Å². The van der Waals surface area contributed by atoms with E-state index in [2.05, 4.69) is 15.0 Å². The first-order valence-corrected chi connectivity index (χ1v) is 6.90. The van der Waals surface area contributed by atoms with E-state index in [1.165, 1.54) is 23.5 Å². The molecule has 0 spiro atoms. The van der Waals surface area contributed by atoms with Crippen LogP contribution in [0.5, 0.6) is 5.75 Å². The molecule has 2 aromatic carbocycles. The van der Waals surface area contributed by atoms with Gasteiger partial charge < -0.3 is 15.8 Å². The molecule has 0 unspecified atom stereocenters. The number of benzene rings is 2. The fourth-order valence-electron chi connectivity index (χ4n) is 1.84. The van der Waals surface area contributed by atoms with E-state index in [0.717, 1.165) is 15.9 Å². The highest BCUT2D eigenvalue weighted by Gasteiger charge is 2.06. The Balaban J connectivity index is 1.78. The number of aromatic nitrogens is 1. The van der Waals surface area contributed by atoms with Crippen molar-refractivity contribution in [3.8, 4) is 5.75 Å². The number of hydrogen-bond acceptors (Lipinski definition) is 5. The zero-order valence-corrected chi connectivity index (χ0v) is 11.5. The van der Waals surface area contributed by atoms with Crippen LogP contribution in [0.15, 0.2) is 42.5 Å². The standard InChI is InChI=1S/C14H11F2N3OS/c15-13(16)20-10-4-2-9(3-5-10)18-14-19-11-6-1-8(17)7-12(11)21-14/h1-7,13H,17H2,(H,18,19). The second-order valence-corrected chi connectivity index (χ2v) is 5.30. The number of rotatable bonds is 4. The molecule has 4 nitrogen and oxygen atoms in total. The molecule has 1 heterocycles. The fourth-order valence-corrected chi connectivity index (χ4v) is 2.77. The Labute approximate surface area is 123 Å². The van der Waals surface area contributed by atoms with E-state index < -0.39 is 6.61 Å². The zero-order chi connectivity index (χ0) is 14.8. The lowest BCUT2D eigenvalue weighted by Gasteiger charge is -2.06. The molecular formula is C14H11F2N3OS. The van der Waals surface area contributed by atoms with Gasteiger partial charge in [0.05, 0.1) is 10.2 Å². The second-order valence-electron chi connectivity index (χ2n) is 4.27. The van der Waals surface area contributed by atoms with E-state index in [-0.39, 0.29) is 5.75 Å². The highest BCUT2D eigenvalue weighted by molar-refractivity contribution is 7.22. The minimum absolute atomic E-state index is 0.118. The van der Waals surface area contributed by atoms with Crippen molar-refractivity contribution >= 4 is 38.1 Å². The maximum absolute atomic E-state index is 12.1. The molecule has 0 radical (unpaired) electrons. The highest BCUT2D eigenvalue weighted by atomic mass is 32.1. The van der Waals surface area contributed by atoms with E-state index in [1.807, 2.05) is 12.1 Å². The lowest BCUT2D eigenvalue weighted by molar-refractivity contribution is -0.0498. The third-order valence-electron chi connectivity index (χ3n) is 2.74. The number of fused-ring (bicyclic) bond motifs is 1. The summed E-state index contributed by atoms with van der Waals surface area (Å²) in [5.41, 5.74) is 8.01. The lowest BCUT2D eigenvalue weighted by Crippen LogP contribution is -2.01. The molecule has 0 aliphatic carbocycles. The molecule has 1 aromatic heterocycles. The Morgan fingerprint density at radius 3 is 2.62 bits per heavy atom. The molecule has 0 aliphatic rings. The number of halogens is 2. The number of nitrogen functional groups attached to an aromatic ring is 1. The molecule has 7 heteroatoms. The van der Waals surface area contributed by atoms with Crippen molar-refractivity contribution in [2.75, 3.05) is 11.1 Å². The minimum atomic E-state index is -2.82. The van der Waals surface area contributed by atoms with Crippen molar-refractivity contribution in [3.05, 3.63) is 42.5 Å². The van der Waals surface area contributed by atoms with Gasteiger partial charge in [0.2, 0.25) is 0 Å². The Kier molecular flexibility index (Phi) is 3.57. The van der Waals surface area contributed by atoms with Crippen LogP contribution in [0.4, 0.5) is 25.3 Å². The Hall–Kier alpha value is -2.41. The molecule has 3 aromatic rings. The summed E-state index contributed by atoms with van der Waals surface area (Å²) >= 11 is 1.47. The molecule has 0 saturated carbocycles. The van der Waals surface area contributed by atoms with Crippen molar-refractivity contribution < 1.29 is 13.5 Å². The van der Waals surface area contributed by atoms with Gasteiger partial charge in [0.15, 0.2) is 5.13 Å². The maximum Gasteiger partial charge on any atom is 0.387 e. The predicted molar refractivity (Wildman–Crippen MR) is 80.4 cm³/mol. The average molecular weight is 307 g/mol. The van der Waals surface area contributed by atoms with E-state index in [4.69, 9.17) is 5.73 Å². The number of nitrogens with one attached hydrogen (secondary N) is 1. The summed E-state index contributed by atoms with van der Waals surface area (Å²) in [7, 11) is 0. The van der Waals surface area contributed by atoms with Crippen LogP contribution in [-0.4, -0.2) is 11.6 Å². The molecule has 0 fully saturated rings. The first-order chi connectivity index (χ1) is 10.1. The quantitative estimate of drug-likeness (QED) is 0.708. The molecule has 0 atom stereocenters. The van der Waals surface area contributed by atoms with Crippen molar-refractivity contribution in [2.24, 2.45) is 0 Å². The van der Waals surface area contributed by atoms with Crippen LogP contribution in [0.1, 0.15) is 0 Å². The van der Waals surface area contributed by atoms with Gasteiger partial charge >= 0.3 is 6.61 Å². The fraction of sp³-hybridized carbons (Fsp3) is 0.0714. The summed E-state index contributed by atoms with van der Waals surface area (Å²) in [4.78, 5) is 4.42. The summed E-state index contributed by atoms with van der Waals surface area (Å²) in [5.74, 6) is 0.118. The first kappa shape index (κ1) is 13.6. The third kappa shape index (κ3) is 3.19. The van der Waals surface area contributed by atoms with Gasteiger partial charge in [-0.3, -0.25) is 0 Å². The molecule has 0 saturated heterocycles. The van der Waals surface area contributed by atoms with Gasteiger partial charge in [0, 0.05) is 11.4 Å². The number of hydrogen-bond donors (Lipinski definition) is 2. The van der Waals surface area contributed by atoms with Crippen molar-refractivity contribution in [2.45, 2.75) is 6.61 Å². The van der Waals surface area contributed by atoms with Crippen molar-refractivity contribution in [1.82, 2.24) is 4.98 Å². The minimum Gasteiger partial charge on any atom is -0.435 e. The normalized spacial score (nSPS) is 11.0. The predicted octanol–water partition coefficient (Wildman–Crippen LogP) is 4.22. The topological polar surface area (TPSA) is 60.2 Å². The van der Waals surface area contributed by atoms with Gasteiger partial charge in [0.1, 0.15) is 5.75 Å². The van der Waals surface area contributed by atoms with Crippen LogP contribution in [0, 0.1) is 0 Å².